The molecule has 3 heterocycles. The SMILES string of the molecule is N#Cc1cc(NC(=O)c2cc3nc(N4CCCCC4)sc3s2)ccc1F. The first-order chi connectivity index (χ1) is 12.6. The van der Waals surface area contributed by atoms with Crippen LogP contribution in [0.4, 0.5) is 15.2 Å². The smallest absolute Gasteiger partial charge is 0.265 e. The van der Waals surface area contributed by atoms with E-state index in [1.807, 2.05) is 0 Å². The van der Waals surface area contributed by atoms with Gasteiger partial charge >= 0.3 is 0 Å². The number of rotatable bonds is 3. The van der Waals surface area contributed by atoms with Crippen molar-refractivity contribution in [1.29, 1.82) is 5.26 Å². The van der Waals surface area contributed by atoms with E-state index in [1.54, 1.807) is 23.5 Å². The second-order valence-electron chi connectivity index (χ2n) is 6.09. The summed E-state index contributed by atoms with van der Waals surface area (Å²) < 4.78 is 14.4. The molecule has 1 amide bonds. The fourth-order valence-electron chi connectivity index (χ4n) is 2.94. The van der Waals surface area contributed by atoms with Gasteiger partial charge in [-0.05, 0) is 43.5 Å². The van der Waals surface area contributed by atoms with E-state index in [1.165, 1.54) is 48.8 Å². The van der Waals surface area contributed by atoms with Crippen LogP contribution in [0.5, 0.6) is 0 Å². The second-order valence-corrected chi connectivity index (χ2v) is 8.38. The van der Waals surface area contributed by atoms with Crippen molar-refractivity contribution in [2.75, 3.05) is 23.3 Å². The Bertz CT molecular complexity index is 983. The van der Waals surface area contributed by atoms with Gasteiger partial charge in [0.1, 0.15) is 15.9 Å². The number of hydrogen-bond donors (Lipinski definition) is 1. The van der Waals surface area contributed by atoms with Gasteiger partial charge < -0.3 is 10.2 Å². The summed E-state index contributed by atoms with van der Waals surface area (Å²) in [6, 6.07) is 7.50. The largest absolute Gasteiger partial charge is 0.348 e. The molecule has 1 aliphatic rings. The third-order valence-electron chi connectivity index (χ3n) is 4.27. The Labute approximate surface area is 157 Å². The summed E-state index contributed by atoms with van der Waals surface area (Å²) in [7, 11) is 0. The number of carbonyl (C=O) groups excluding carboxylic acids is 1. The molecule has 0 unspecified atom stereocenters. The number of amides is 1. The third kappa shape index (κ3) is 3.28. The van der Waals surface area contributed by atoms with Crippen LogP contribution in [0.1, 0.15) is 34.5 Å². The number of anilines is 2. The molecule has 0 saturated carbocycles. The van der Waals surface area contributed by atoms with Gasteiger partial charge in [-0.2, -0.15) is 5.26 Å². The van der Waals surface area contributed by atoms with E-state index in [9.17, 15) is 9.18 Å². The molecule has 8 heteroatoms. The van der Waals surface area contributed by atoms with E-state index in [-0.39, 0.29) is 11.5 Å². The lowest BCUT2D eigenvalue weighted by molar-refractivity contribution is 0.103. The molecule has 1 fully saturated rings. The average molecular weight is 386 g/mol. The minimum absolute atomic E-state index is 0.0946. The number of benzene rings is 1. The first-order valence-electron chi connectivity index (χ1n) is 8.30. The lowest BCUT2D eigenvalue weighted by atomic mass is 10.1. The lowest BCUT2D eigenvalue weighted by Gasteiger charge is -2.25. The second kappa shape index (κ2) is 7.02. The van der Waals surface area contributed by atoms with Crippen molar-refractivity contribution in [2.45, 2.75) is 19.3 Å². The fraction of sp³-hybridized carbons (Fsp3) is 0.278. The highest BCUT2D eigenvalue weighted by molar-refractivity contribution is 7.40. The molecule has 1 aromatic carbocycles. The number of halogens is 1. The Morgan fingerprint density at radius 3 is 2.77 bits per heavy atom. The number of piperidine rings is 1. The lowest BCUT2D eigenvalue weighted by Crippen LogP contribution is -2.29. The highest BCUT2D eigenvalue weighted by atomic mass is 32.2. The Morgan fingerprint density at radius 1 is 1.23 bits per heavy atom. The van der Waals surface area contributed by atoms with Gasteiger partial charge in [-0.25, -0.2) is 9.37 Å². The highest BCUT2D eigenvalue weighted by Crippen LogP contribution is 2.36. The maximum Gasteiger partial charge on any atom is 0.265 e. The minimum atomic E-state index is -0.600. The Balaban J connectivity index is 1.52. The normalized spacial score (nSPS) is 14.4. The number of fused-ring (bicyclic) bond motifs is 1. The topological polar surface area (TPSA) is 69.0 Å². The van der Waals surface area contributed by atoms with E-state index in [2.05, 4.69) is 15.2 Å². The van der Waals surface area contributed by atoms with Gasteiger partial charge in [0.05, 0.1) is 16.0 Å². The van der Waals surface area contributed by atoms with Crippen LogP contribution in [0, 0.1) is 17.1 Å². The predicted molar refractivity (Wildman–Crippen MR) is 103 cm³/mol. The van der Waals surface area contributed by atoms with E-state index < -0.39 is 5.82 Å². The van der Waals surface area contributed by atoms with E-state index in [0.717, 1.165) is 27.8 Å². The molecule has 1 saturated heterocycles. The molecule has 0 atom stereocenters. The fourth-order valence-corrected chi connectivity index (χ4v) is 5.15. The third-order valence-corrected chi connectivity index (χ3v) is 6.62. The zero-order valence-corrected chi connectivity index (χ0v) is 15.4. The van der Waals surface area contributed by atoms with Gasteiger partial charge in [0.15, 0.2) is 5.13 Å². The van der Waals surface area contributed by atoms with Crippen LogP contribution in [-0.2, 0) is 0 Å². The van der Waals surface area contributed by atoms with Crippen molar-refractivity contribution in [2.24, 2.45) is 0 Å². The number of nitrogens with one attached hydrogen (secondary N) is 1. The molecule has 132 valence electrons. The monoisotopic (exact) mass is 386 g/mol. The van der Waals surface area contributed by atoms with Gasteiger partial charge in [0.25, 0.3) is 5.91 Å². The first kappa shape index (κ1) is 16.9. The number of thiazole rings is 1. The van der Waals surface area contributed by atoms with Crippen LogP contribution < -0.4 is 10.2 Å². The van der Waals surface area contributed by atoms with Crippen LogP contribution >= 0.6 is 22.7 Å². The summed E-state index contributed by atoms with van der Waals surface area (Å²) in [5.41, 5.74) is 1.14. The maximum absolute atomic E-state index is 13.4. The van der Waals surface area contributed by atoms with Gasteiger partial charge in [0.2, 0.25) is 0 Å². The Morgan fingerprint density at radius 2 is 2.04 bits per heavy atom. The van der Waals surface area contributed by atoms with Gasteiger partial charge in [-0.3, -0.25) is 4.79 Å². The Hall–Kier alpha value is -2.50. The maximum atomic E-state index is 13.4. The summed E-state index contributed by atoms with van der Waals surface area (Å²) in [5.74, 6) is -0.883. The number of nitrogens with zero attached hydrogens (tertiary/aromatic N) is 3. The standard InChI is InChI=1S/C18H15FN4OS2/c19-13-5-4-12(8-11(13)10-20)21-16(24)15-9-14-17(25-15)26-18(22-14)23-6-2-1-3-7-23/h4-5,8-9H,1-3,6-7H2,(H,21,24). The number of aromatic nitrogens is 1. The molecular formula is C18H15FN4OS2. The van der Waals surface area contributed by atoms with Crippen LogP contribution in [-0.4, -0.2) is 24.0 Å². The molecule has 4 rings (SSSR count). The minimum Gasteiger partial charge on any atom is -0.348 e. The molecule has 0 spiro atoms. The molecule has 0 bridgehead atoms. The molecule has 1 aliphatic heterocycles. The molecule has 1 N–H and O–H groups in total. The molecule has 0 radical (unpaired) electrons. The van der Waals surface area contributed by atoms with Crippen molar-refractivity contribution in [1.82, 2.24) is 4.98 Å². The van der Waals surface area contributed by atoms with Gasteiger partial charge in [-0.1, -0.05) is 11.3 Å². The first-order valence-corrected chi connectivity index (χ1v) is 9.93. The number of thiophene rings is 1. The molecule has 0 aliphatic carbocycles. The van der Waals surface area contributed by atoms with Crippen molar-refractivity contribution >= 4 is 48.9 Å². The molecular weight excluding hydrogens is 371 g/mol. The van der Waals surface area contributed by atoms with Crippen LogP contribution in [0.25, 0.3) is 9.53 Å². The van der Waals surface area contributed by atoms with Crippen molar-refractivity contribution in [3.8, 4) is 6.07 Å². The van der Waals surface area contributed by atoms with Crippen molar-refractivity contribution < 1.29 is 9.18 Å². The zero-order chi connectivity index (χ0) is 18.1. The number of hydrogen-bond acceptors (Lipinski definition) is 6. The zero-order valence-electron chi connectivity index (χ0n) is 13.8. The number of nitriles is 1. The summed E-state index contributed by atoms with van der Waals surface area (Å²) in [6.45, 7) is 2.08. The van der Waals surface area contributed by atoms with E-state index in [0.29, 0.717) is 10.6 Å². The van der Waals surface area contributed by atoms with Crippen LogP contribution in [0.2, 0.25) is 0 Å². The molecule has 2 aromatic heterocycles. The molecule has 3 aromatic rings. The Kier molecular flexibility index (Phi) is 4.57. The summed E-state index contributed by atoms with van der Waals surface area (Å²) >= 11 is 3.02. The number of carbonyl (C=O) groups is 1. The summed E-state index contributed by atoms with van der Waals surface area (Å²) in [6.07, 6.45) is 3.67. The summed E-state index contributed by atoms with van der Waals surface area (Å²) in [5, 5.41) is 12.6. The quantitative estimate of drug-likeness (QED) is 0.714. The average Bonchev–Trinajstić information content (AvgIpc) is 3.23. The van der Waals surface area contributed by atoms with Crippen LogP contribution in [0.3, 0.4) is 0 Å². The predicted octanol–water partition coefficient (Wildman–Crippen LogP) is 4.61. The van der Waals surface area contributed by atoms with Gasteiger partial charge in [-0.15, -0.1) is 11.3 Å². The molecule has 5 nitrogen and oxygen atoms in total. The van der Waals surface area contributed by atoms with E-state index >= 15 is 0 Å². The molecule has 26 heavy (non-hydrogen) atoms. The van der Waals surface area contributed by atoms with Gasteiger partial charge in [0, 0.05) is 18.8 Å². The summed E-state index contributed by atoms with van der Waals surface area (Å²) in [4.78, 5) is 20.0. The van der Waals surface area contributed by atoms with Crippen LogP contribution in [0.15, 0.2) is 24.3 Å². The van der Waals surface area contributed by atoms with Crippen molar-refractivity contribution in [3.05, 3.63) is 40.5 Å². The van der Waals surface area contributed by atoms with E-state index in [4.69, 9.17) is 5.26 Å². The van der Waals surface area contributed by atoms with Crippen molar-refractivity contribution in [3.63, 3.8) is 0 Å². The highest BCUT2D eigenvalue weighted by Gasteiger charge is 2.19.